The van der Waals surface area contributed by atoms with E-state index in [0.717, 1.165) is 12.8 Å². The van der Waals surface area contributed by atoms with Gasteiger partial charge in [-0.1, -0.05) is 13.3 Å². The van der Waals surface area contributed by atoms with Gasteiger partial charge in [-0.2, -0.15) is 4.31 Å². The molecule has 6 nitrogen and oxygen atoms in total. The summed E-state index contributed by atoms with van der Waals surface area (Å²) in [6.45, 7) is 5.66. The van der Waals surface area contributed by atoms with Crippen LogP contribution in [0.1, 0.15) is 19.8 Å². The summed E-state index contributed by atoms with van der Waals surface area (Å²) in [5, 5.41) is 8.94. The van der Waals surface area contributed by atoms with E-state index in [1.807, 2.05) is 0 Å². The zero-order chi connectivity index (χ0) is 16.7. The largest absolute Gasteiger partial charge is 0.494 e. The molecule has 1 saturated heterocycles. The maximum atomic E-state index is 12.6. The number of rotatable bonds is 8. The quantitative estimate of drug-likeness (QED) is 0.718. The molecule has 7 heteroatoms. The first kappa shape index (κ1) is 18.2. The summed E-state index contributed by atoms with van der Waals surface area (Å²) < 4.78 is 32.4. The number of hydrogen-bond donors (Lipinski definition) is 1. The molecule has 2 rings (SSSR count). The zero-order valence-corrected chi connectivity index (χ0v) is 14.5. The molecule has 1 aromatic rings. The fourth-order valence-corrected chi connectivity index (χ4v) is 3.95. The topological polar surface area (TPSA) is 70.1 Å². The van der Waals surface area contributed by atoms with E-state index in [2.05, 4.69) is 11.8 Å². The minimum absolute atomic E-state index is 0.103. The molecule has 0 bridgehead atoms. The lowest BCUT2D eigenvalue weighted by Crippen LogP contribution is -2.49. The van der Waals surface area contributed by atoms with Crippen LogP contribution < -0.4 is 4.74 Å². The summed E-state index contributed by atoms with van der Waals surface area (Å²) >= 11 is 0. The summed E-state index contributed by atoms with van der Waals surface area (Å²) in [4.78, 5) is 2.37. The Kier molecular flexibility index (Phi) is 6.83. The van der Waals surface area contributed by atoms with Gasteiger partial charge in [0.25, 0.3) is 0 Å². The number of benzene rings is 1. The van der Waals surface area contributed by atoms with E-state index in [9.17, 15) is 8.42 Å². The van der Waals surface area contributed by atoms with Crippen LogP contribution in [-0.2, 0) is 10.0 Å². The molecule has 1 N–H and O–H groups in total. The van der Waals surface area contributed by atoms with Gasteiger partial charge < -0.3 is 9.84 Å². The van der Waals surface area contributed by atoms with Gasteiger partial charge in [-0.15, -0.1) is 0 Å². The lowest BCUT2D eigenvalue weighted by molar-refractivity contribution is 0.151. The van der Waals surface area contributed by atoms with E-state index >= 15 is 0 Å². The monoisotopic (exact) mass is 342 g/mol. The Morgan fingerprint density at radius 3 is 2.35 bits per heavy atom. The number of ether oxygens (including phenoxy) is 1. The van der Waals surface area contributed by atoms with Gasteiger partial charge in [-0.25, -0.2) is 8.42 Å². The fourth-order valence-electron chi connectivity index (χ4n) is 2.53. The smallest absolute Gasteiger partial charge is 0.243 e. The number of unbranched alkanes of at least 4 members (excludes halogenated alkanes) is 1. The predicted molar refractivity (Wildman–Crippen MR) is 89.1 cm³/mol. The predicted octanol–water partition coefficient (Wildman–Crippen LogP) is 1.16. The van der Waals surface area contributed by atoms with Crippen LogP contribution in [0.25, 0.3) is 0 Å². The lowest BCUT2D eigenvalue weighted by atomic mass is 10.3. The molecule has 23 heavy (non-hydrogen) atoms. The molecule has 1 fully saturated rings. The van der Waals surface area contributed by atoms with Crippen molar-refractivity contribution < 1.29 is 18.3 Å². The van der Waals surface area contributed by atoms with Gasteiger partial charge in [-0.3, -0.25) is 4.90 Å². The van der Waals surface area contributed by atoms with Gasteiger partial charge in [-0.05, 0) is 30.7 Å². The van der Waals surface area contributed by atoms with Crippen LogP contribution in [0.5, 0.6) is 5.75 Å². The normalized spacial score (nSPS) is 17.3. The molecule has 130 valence electrons. The van der Waals surface area contributed by atoms with Gasteiger partial charge in [0.05, 0.1) is 18.1 Å². The van der Waals surface area contributed by atoms with Crippen LogP contribution in [-0.4, -0.2) is 68.7 Å². The summed E-state index contributed by atoms with van der Waals surface area (Å²) in [5.74, 6) is 0.699. The average molecular weight is 342 g/mol. The van der Waals surface area contributed by atoms with Gasteiger partial charge in [0.1, 0.15) is 5.75 Å². The number of nitrogens with zero attached hydrogens (tertiary/aromatic N) is 2. The summed E-state index contributed by atoms with van der Waals surface area (Å²) in [6.07, 6.45) is 2.05. The number of aliphatic hydroxyl groups excluding tert-OH is 1. The molecule has 0 unspecified atom stereocenters. The standard InChI is InChI=1S/C16H26N2O4S/c1-2-3-14-22-15-4-6-16(7-5-15)23(20,21)18-10-8-17(9-11-18)12-13-19/h4-7,19H,2-3,8-14H2,1H3. The third kappa shape index (κ3) is 4.91. The highest BCUT2D eigenvalue weighted by Gasteiger charge is 2.28. The van der Waals surface area contributed by atoms with Gasteiger partial charge in [0.15, 0.2) is 0 Å². The van der Waals surface area contributed by atoms with Crippen LogP contribution in [0.15, 0.2) is 29.2 Å². The number of piperazine rings is 1. The van der Waals surface area contributed by atoms with Crippen molar-refractivity contribution in [2.24, 2.45) is 0 Å². The van der Waals surface area contributed by atoms with E-state index in [-0.39, 0.29) is 6.61 Å². The lowest BCUT2D eigenvalue weighted by Gasteiger charge is -2.33. The molecular weight excluding hydrogens is 316 g/mol. The molecule has 1 aliphatic rings. The number of aliphatic hydroxyl groups is 1. The highest BCUT2D eigenvalue weighted by Crippen LogP contribution is 2.21. The van der Waals surface area contributed by atoms with Crippen molar-refractivity contribution in [3.8, 4) is 5.75 Å². The number of β-amino-alcohol motifs (C(OH)–C–C–N with tert-alkyl or cyclic N) is 1. The van der Waals surface area contributed by atoms with Crippen molar-refractivity contribution in [2.45, 2.75) is 24.7 Å². The van der Waals surface area contributed by atoms with E-state index in [0.29, 0.717) is 50.0 Å². The first-order valence-corrected chi connectivity index (χ1v) is 9.58. The maximum absolute atomic E-state index is 12.6. The minimum atomic E-state index is -3.45. The molecule has 0 amide bonds. The highest BCUT2D eigenvalue weighted by atomic mass is 32.2. The minimum Gasteiger partial charge on any atom is -0.494 e. The second-order valence-electron chi connectivity index (χ2n) is 5.64. The van der Waals surface area contributed by atoms with Crippen molar-refractivity contribution in [2.75, 3.05) is 45.9 Å². The zero-order valence-electron chi connectivity index (χ0n) is 13.6. The van der Waals surface area contributed by atoms with Crippen LogP contribution in [0.2, 0.25) is 0 Å². The number of sulfonamides is 1. The van der Waals surface area contributed by atoms with E-state index in [1.165, 1.54) is 4.31 Å². The van der Waals surface area contributed by atoms with Crippen LogP contribution in [0.3, 0.4) is 0 Å². The second-order valence-corrected chi connectivity index (χ2v) is 7.58. The Hall–Kier alpha value is -1.15. The van der Waals surface area contributed by atoms with Crippen molar-refractivity contribution in [3.05, 3.63) is 24.3 Å². The average Bonchev–Trinajstić information content (AvgIpc) is 2.56. The summed E-state index contributed by atoms with van der Waals surface area (Å²) in [7, 11) is -3.45. The molecule has 0 spiro atoms. The van der Waals surface area contributed by atoms with E-state index in [4.69, 9.17) is 9.84 Å². The highest BCUT2D eigenvalue weighted by molar-refractivity contribution is 7.89. The Balaban J connectivity index is 1.97. The molecule has 1 heterocycles. The molecule has 0 aromatic heterocycles. The third-order valence-corrected chi connectivity index (χ3v) is 5.89. The SMILES string of the molecule is CCCCOc1ccc(S(=O)(=O)N2CCN(CCO)CC2)cc1. The van der Waals surface area contributed by atoms with E-state index < -0.39 is 10.0 Å². The Bertz CT molecular complexity index is 566. The van der Waals surface area contributed by atoms with Gasteiger partial charge in [0.2, 0.25) is 10.0 Å². The molecule has 1 aliphatic heterocycles. The van der Waals surface area contributed by atoms with Crippen LogP contribution in [0.4, 0.5) is 0 Å². The number of hydrogen-bond acceptors (Lipinski definition) is 5. The van der Waals surface area contributed by atoms with Crippen molar-refractivity contribution >= 4 is 10.0 Å². The van der Waals surface area contributed by atoms with Crippen molar-refractivity contribution in [1.29, 1.82) is 0 Å². The maximum Gasteiger partial charge on any atom is 0.243 e. The van der Waals surface area contributed by atoms with Crippen LogP contribution in [0, 0.1) is 0 Å². The molecular formula is C16H26N2O4S. The Labute approximate surface area is 138 Å². The van der Waals surface area contributed by atoms with Crippen LogP contribution >= 0.6 is 0 Å². The van der Waals surface area contributed by atoms with Crippen molar-refractivity contribution in [3.63, 3.8) is 0 Å². The Morgan fingerprint density at radius 1 is 1.13 bits per heavy atom. The first-order valence-electron chi connectivity index (χ1n) is 8.14. The molecule has 1 aromatic carbocycles. The molecule has 0 aliphatic carbocycles. The molecule has 0 saturated carbocycles. The van der Waals surface area contributed by atoms with E-state index in [1.54, 1.807) is 24.3 Å². The summed E-state index contributed by atoms with van der Waals surface area (Å²) in [5.41, 5.74) is 0. The Morgan fingerprint density at radius 2 is 1.78 bits per heavy atom. The first-order chi connectivity index (χ1) is 11.1. The van der Waals surface area contributed by atoms with Gasteiger partial charge >= 0.3 is 0 Å². The molecule has 0 atom stereocenters. The van der Waals surface area contributed by atoms with Gasteiger partial charge in [0, 0.05) is 32.7 Å². The molecule has 0 radical (unpaired) electrons. The van der Waals surface area contributed by atoms with Crippen molar-refractivity contribution in [1.82, 2.24) is 9.21 Å². The third-order valence-electron chi connectivity index (χ3n) is 3.98. The summed E-state index contributed by atoms with van der Waals surface area (Å²) in [6, 6.07) is 6.64. The fraction of sp³-hybridized carbons (Fsp3) is 0.625. The second kappa shape index (κ2) is 8.63.